The van der Waals surface area contributed by atoms with Crippen molar-refractivity contribution >= 4 is 23.3 Å². The molecule has 1 atom stereocenters. The molecule has 0 unspecified atom stereocenters. The second-order valence-electron chi connectivity index (χ2n) is 10.3. The van der Waals surface area contributed by atoms with Crippen LogP contribution >= 0.6 is 11.8 Å². The van der Waals surface area contributed by atoms with E-state index in [2.05, 4.69) is 20.9 Å². The SMILES string of the molecule is [C-]#[N+]c1c(N)nc(SCc2nc(-c3ccc(OC)c(OC)c3)oc2C)c(C#N)c1-c1ccc(OC[C@H]2COC(C)(C)O2)cc1. The Hall–Kier alpha value is -4.75. The monoisotopic (exact) mass is 613 g/mol. The van der Waals surface area contributed by atoms with Gasteiger partial charge in [-0.1, -0.05) is 23.9 Å². The maximum absolute atomic E-state index is 10.2. The summed E-state index contributed by atoms with van der Waals surface area (Å²) in [7, 11) is 3.14. The molecule has 4 aromatic rings. The minimum absolute atomic E-state index is 0.0423. The number of pyridine rings is 1. The van der Waals surface area contributed by atoms with E-state index in [1.165, 1.54) is 11.8 Å². The zero-order valence-electron chi connectivity index (χ0n) is 25.0. The van der Waals surface area contributed by atoms with Gasteiger partial charge in [0.2, 0.25) is 11.6 Å². The van der Waals surface area contributed by atoms with Crippen molar-refractivity contribution in [2.24, 2.45) is 0 Å². The number of ether oxygens (including phenoxy) is 5. The third-order valence-corrected chi connectivity index (χ3v) is 7.89. The molecule has 1 aliphatic heterocycles. The van der Waals surface area contributed by atoms with Crippen molar-refractivity contribution in [2.45, 2.75) is 43.4 Å². The lowest BCUT2D eigenvalue weighted by atomic mass is 10.00. The molecule has 2 aromatic carbocycles. The maximum atomic E-state index is 10.2. The van der Waals surface area contributed by atoms with Crippen molar-refractivity contribution in [3.8, 4) is 45.9 Å². The Bertz CT molecular complexity index is 1760. The molecule has 1 saturated heterocycles. The topological polar surface area (TPSA) is 139 Å². The van der Waals surface area contributed by atoms with Gasteiger partial charge in [-0.25, -0.2) is 14.8 Å². The second kappa shape index (κ2) is 12.9. The number of anilines is 1. The summed E-state index contributed by atoms with van der Waals surface area (Å²) < 4.78 is 33.9. The molecule has 3 heterocycles. The Balaban J connectivity index is 1.37. The molecule has 0 saturated carbocycles. The van der Waals surface area contributed by atoms with E-state index in [-0.39, 0.29) is 23.2 Å². The van der Waals surface area contributed by atoms with E-state index in [1.54, 1.807) is 50.6 Å². The smallest absolute Gasteiger partial charge is 0.236 e. The van der Waals surface area contributed by atoms with Crippen molar-refractivity contribution in [3.05, 3.63) is 70.9 Å². The van der Waals surface area contributed by atoms with E-state index in [9.17, 15) is 5.26 Å². The van der Waals surface area contributed by atoms with Gasteiger partial charge in [0.25, 0.3) is 0 Å². The highest BCUT2D eigenvalue weighted by atomic mass is 32.2. The summed E-state index contributed by atoms with van der Waals surface area (Å²) in [5.74, 6) is 2.60. The van der Waals surface area contributed by atoms with Gasteiger partial charge < -0.3 is 33.8 Å². The standard InChI is InChI=1S/C32H31N5O6S/c1-18-24(36-30(42-18)20-9-12-25(38-5)26(13-20)39-6)17-44-31-23(14-33)27(28(35-4)29(34)37-31)19-7-10-21(11-8-19)40-15-22-16-41-32(2,3)43-22/h7-13,22H,15-17H2,1-3,5-6H3,(H2,34,37)/t22-/m0/s1. The van der Waals surface area contributed by atoms with E-state index in [1.807, 2.05) is 26.8 Å². The first kappa shape index (κ1) is 30.7. The zero-order valence-corrected chi connectivity index (χ0v) is 25.8. The first-order chi connectivity index (χ1) is 21.2. The predicted molar refractivity (Wildman–Crippen MR) is 165 cm³/mol. The molecular formula is C32H31N5O6S. The normalized spacial score (nSPS) is 15.4. The van der Waals surface area contributed by atoms with Crippen LogP contribution in [-0.4, -0.2) is 49.3 Å². The van der Waals surface area contributed by atoms with Gasteiger partial charge in [-0.05, 0) is 56.7 Å². The first-order valence-electron chi connectivity index (χ1n) is 13.6. The Morgan fingerprint density at radius 3 is 2.48 bits per heavy atom. The molecular weight excluding hydrogens is 582 g/mol. The van der Waals surface area contributed by atoms with E-state index in [0.29, 0.717) is 69.7 Å². The number of aryl methyl sites for hydroxylation is 1. The van der Waals surface area contributed by atoms with Gasteiger partial charge >= 0.3 is 0 Å². The molecule has 0 amide bonds. The number of hydrogen-bond acceptors (Lipinski definition) is 11. The molecule has 0 bridgehead atoms. The van der Waals surface area contributed by atoms with Crippen LogP contribution < -0.4 is 19.9 Å². The summed E-state index contributed by atoms with van der Waals surface area (Å²) in [6.07, 6.45) is -0.174. The number of methoxy groups -OCH3 is 2. The number of rotatable bonds is 10. The average Bonchev–Trinajstić information content (AvgIpc) is 3.58. The Kier molecular flexibility index (Phi) is 8.97. The fourth-order valence-corrected chi connectivity index (χ4v) is 5.71. The number of aromatic nitrogens is 2. The summed E-state index contributed by atoms with van der Waals surface area (Å²) >= 11 is 1.29. The van der Waals surface area contributed by atoms with Crippen LogP contribution in [-0.2, 0) is 15.2 Å². The van der Waals surface area contributed by atoms with Crippen LogP contribution in [0.2, 0.25) is 0 Å². The molecule has 0 aliphatic carbocycles. The number of thioether (sulfide) groups is 1. The fourth-order valence-electron chi connectivity index (χ4n) is 4.72. The number of hydrogen-bond donors (Lipinski definition) is 1. The highest BCUT2D eigenvalue weighted by molar-refractivity contribution is 7.98. The highest BCUT2D eigenvalue weighted by Crippen LogP contribution is 2.42. The highest BCUT2D eigenvalue weighted by Gasteiger charge is 2.33. The Morgan fingerprint density at radius 1 is 1.11 bits per heavy atom. The molecule has 44 heavy (non-hydrogen) atoms. The van der Waals surface area contributed by atoms with Crippen LogP contribution in [0.1, 0.15) is 30.9 Å². The lowest BCUT2D eigenvalue weighted by Crippen LogP contribution is -2.25. The summed E-state index contributed by atoms with van der Waals surface area (Å²) in [6.45, 7) is 14.1. The summed E-state index contributed by atoms with van der Waals surface area (Å²) in [6, 6.07) is 14.8. The first-order valence-corrected chi connectivity index (χ1v) is 14.6. The van der Waals surface area contributed by atoms with E-state index < -0.39 is 5.79 Å². The number of nitrogen functional groups attached to an aromatic ring is 1. The van der Waals surface area contributed by atoms with E-state index >= 15 is 0 Å². The molecule has 0 radical (unpaired) electrons. The van der Waals surface area contributed by atoms with Crippen molar-refractivity contribution in [3.63, 3.8) is 0 Å². The van der Waals surface area contributed by atoms with Crippen LogP contribution in [0.5, 0.6) is 17.2 Å². The van der Waals surface area contributed by atoms with Gasteiger partial charge in [0.15, 0.2) is 17.3 Å². The van der Waals surface area contributed by atoms with Crippen LogP contribution in [0.15, 0.2) is 51.9 Å². The zero-order chi connectivity index (χ0) is 31.4. The number of nitrogens with two attached hydrogens (primary N) is 1. The lowest BCUT2D eigenvalue weighted by Gasteiger charge is -2.17. The molecule has 2 N–H and O–H groups in total. The largest absolute Gasteiger partial charge is 0.493 e. The van der Waals surface area contributed by atoms with Crippen molar-refractivity contribution in [2.75, 3.05) is 33.2 Å². The van der Waals surface area contributed by atoms with Gasteiger partial charge in [-0.2, -0.15) is 5.26 Å². The number of oxazole rings is 1. The van der Waals surface area contributed by atoms with Crippen LogP contribution in [0.25, 0.3) is 27.4 Å². The lowest BCUT2D eigenvalue weighted by molar-refractivity contribution is -0.141. The van der Waals surface area contributed by atoms with Gasteiger partial charge in [0, 0.05) is 16.9 Å². The van der Waals surface area contributed by atoms with Crippen LogP contribution in [0.4, 0.5) is 11.5 Å². The summed E-state index contributed by atoms with van der Waals surface area (Å²) in [4.78, 5) is 12.7. The Labute approximate surface area is 259 Å². The molecule has 12 heteroatoms. The van der Waals surface area contributed by atoms with Gasteiger partial charge in [-0.3, -0.25) is 0 Å². The maximum Gasteiger partial charge on any atom is 0.236 e. The summed E-state index contributed by atoms with van der Waals surface area (Å²) in [5, 5.41) is 10.6. The quantitative estimate of drug-likeness (QED) is 0.154. The average molecular weight is 614 g/mol. The molecule has 2 aromatic heterocycles. The predicted octanol–water partition coefficient (Wildman–Crippen LogP) is 6.56. The number of benzene rings is 2. The van der Waals surface area contributed by atoms with Crippen LogP contribution in [0, 0.1) is 24.8 Å². The second-order valence-corrected chi connectivity index (χ2v) is 11.3. The van der Waals surface area contributed by atoms with Crippen LogP contribution in [0.3, 0.4) is 0 Å². The molecule has 11 nitrogen and oxygen atoms in total. The Morgan fingerprint density at radius 2 is 1.84 bits per heavy atom. The molecule has 1 aliphatic rings. The van der Waals surface area contributed by atoms with Crippen molar-refractivity contribution < 1.29 is 28.1 Å². The summed E-state index contributed by atoms with van der Waals surface area (Å²) in [5.41, 5.74) is 9.08. The molecule has 5 rings (SSSR count). The van der Waals surface area contributed by atoms with Gasteiger partial charge in [0.05, 0.1) is 38.7 Å². The molecule has 1 fully saturated rings. The minimum atomic E-state index is -0.627. The fraction of sp³-hybridized carbons (Fsp3) is 0.312. The third kappa shape index (κ3) is 6.43. The van der Waals surface area contributed by atoms with Crippen molar-refractivity contribution in [1.29, 1.82) is 5.26 Å². The van der Waals surface area contributed by atoms with Crippen molar-refractivity contribution in [1.82, 2.24) is 9.97 Å². The molecule has 0 spiro atoms. The van der Waals surface area contributed by atoms with Gasteiger partial charge in [0.1, 0.15) is 41.1 Å². The van der Waals surface area contributed by atoms with Gasteiger partial charge in [-0.15, -0.1) is 0 Å². The third-order valence-electron chi connectivity index (χ3n) is 6.90. The number of nitrogens with zero attached hydrogens (tertiary/aromatic N) is 4. The minimum Gasteiger partial charge on any atom is -0.493 e. The molecule has 226 valence electrons. The van der Waals surface area contributed by atoms with E-state index in [0.717, 1.165) is 5.56 Å². The number of nitriles is 1. The van der Waals surface area contributed by atoms with E-state index in [4.69, 9.17) is 40.4 Å².